The first-order valence-corrected chi connectivity index (χ1v) is 4.07. The van der Waals surface area contributed by atoms with Crippen molar-refractivity contribution in [3.8, 4) is 0 Å². The Labute approximate surface area is 70.3 Å². The molecule has 1 aliphatic heterocycles. The third-order valence-corrected chi connectivity index (χ3v) is 2.01. The predicted molar refractivity (Wildman–Crippen MR) is 41.4 cm³/mol. The lowest BCUT2D eigenvalue weighted by molar-refractivity contribution is -0.137. The smallest absolute Gasteiger partial charge is 0.240 e. The Morgan fingerprint density at radius 1 is 1.82 bits per heavy atom. The van der Waals surface area contributed by atoms with Crippen molar-refractivity contribution in [2.75, 3.05) is 19.8 Å². The van der Waals surface area contributed by atoms with Crippen LogP contribution in [0, 0.1) is 5.92 Å². The molecule has 11 heavy (non-hydrogen) atoms. The number of halogens is 2. The highest BCUT2D eigenvalue weighted by atomic mass is 35.5. The van der Waals surface area contributed by atoms with Crippen molar-refractivity contribution in [2.45, 2.75) is 12.3 Å². The summed E-state index contributed by atoms with van der Waals surface area (Å²) in [6, 6.07) is 0. The molecule has 0 saturated carbocycles. The van der Waals surface area contributed by atoms with Crippen molar-refractivity contribution >= 4 is 17.5 Å². The van der Waals surface area contributed by atoms with E-state index in [9.17, 15) is 9.18 Å². The van der Waals surface area contributed by atoms with Crippen LogP contribution in [0.5, 0.6) is 0 Å². The SMILES string of the molecule is C[C@H](Cl)C(=O)N1CC(CF)C1. The van der Waals surface area contributed by atoms with E-state index in [0.717, 1.165) is 0 Å². The van der Waals surface area contributed by atoms with Crippen molar-refractivity contribution in [1.82, 2.24) is 4.90 Å². The maximum atomic E-state index is 11.9. The number of rotatable bonds is 2. The first kappa shape index (κ1) is 8.78. The molecule has 1 fully saturated rings. The molecule has 0 aromatic rings. The first-order valence-electron chi connectivity index (χ1n) is 3.64. The molecule has 0 unspecified atom stereocenters. The minimum atomic E-state index is -0.476. The van der Waals surface area contributed by atoms with E-state index in [1.54, 1.807) is 11.8 Å². The van der Waals surface area contributed by atoms with Crippen molar-refractivity contribution < 1.29 is 9.18 Å². The largest absolute Gasteiger partial charge is 0.341 e. The summed E-state index contributed by atoms with van der Waals surface area (Å²) in [5, 5.41) is -0.476. The summed E-state index contributed by atoms with van der Waals surface area (Å²) in [5.41, 5.74) is 0. The molecule has 4 heteroatoms. The normalized spacial score (nSPS) is 21.2. The Morgan fingerprint density at radius 3 is 2.73 bits per heavy atom. The molecule has 0 spiro atoms. The average Bonchev–Trinajstić information content (AvgIpc) is 1.85. The second-order valence-electron chi connectivity index (χ2n) is 2.88. The molecular formula is C7H11ClFNO. The van der Waals surface area contributed by atoms with Crippen molar-refractivity contribution in [3.05, 3.63) is 0 Å². The van der Waals surface area contributed by atoms with Crippen LogP contribution in [0.15, 0.2) is 0 Å². The number of alkyl halides is 2. The summed E-state index contributed by atoms with van der Waals surface area (Å²) in [5.74, 6) is -0.0364. The lowest BCUT2D eigenvalue weighted by Gasteiger charge is -2.38. The third kappa shape index (κ3) is 1.83. The van der Waals surface area contributed by atoms with Crippen LogP contribution < -0.4 is 0 Å². The van der Waals surface area contributed by atoms with Gasteiger partial charge in [0.15, 0.2) is 0 Å². The minimum absolute atomic E-state index is 0.0503. The van der Waals surface area contributed by atoms with E-state index in [-0.39, 0.29) is 18.5 Å². The van der Waals surface area contributed by atoms with Gasteiger partial charge in [0.1, 0.15) is 5.38 Å². The van der Waals surface area contributed by atoms with Gasteiger partial charge in [-0.15, -0.1) is 11.6 Å². The number of carbonyl (C=O) groups excluding carboxylic acids is 1. The van der Waals surface area contributed by atoms with E-state index in [0.29, 0.717) is 13.1 Å². The maximum absolute atomic E-state index is 11.9. The maximum Gasteiger partial charge on any atom is 0.240 e. The van der Waals surface area contributed by atoms with Crippen LogP contribution in [-0.2, 0) is 4.79 Å². The van der Waals surface area contributed by atoms with Gasteiger partial charge in [-0.25, -0.2) is 0 Å². The molecule has 1 atom stereocenters. The molecule has 0 N–H and O–H groups in total. The Hall–Kier alpha value is -0.310. The molecule has 0 radical (unpaired) electrons. The van der Waals surface area contributed by atoms with Gasteiger partial charge in [-0.2, -0.15) is 0 Å². The Balaban J connectivity index is 2.27. The summed E-state index contributed by atoms with van der Waals surface area (Å²) in [6.07, 6.45) is 0. The average molecular weight is 180 g/mol. The number of nitrogens with zero attached hydrogens (tertiary/aromatic N) is 1. The van der Waals surface area contributed by atoms with Crippen molar-refractivity contribution in [1.29, 1.82) is 0 Å². The van der Waals surface area contributed by atoms with Crippen LogP contribution in [-0.4, -0.2) is 35.9 Å². The zero-order chi connectivity index (χ0) is 8.43. The lowest BCUT2D eigenvalue weighted by atomic mass is 10.0. The van der Waals surface area contributed by atoms with Gasteiger partial charge >= 0.3 is 0 Å². The van der Waals surface area contributed by atoms with Gasteiger partial charge in [0.25, 0.3) is 0 Å². The molecule has 1 heterocycles. The summed E-state index contributed by atoms with van der Waals surface area (Å²) in [4.78, 5) is 12.6. The molecule has 2 nitrogen and oxygen atoms in total. The molecule has 0 aromatic carbocycles. The summed E-state index contributed by atoms with van der Waals surface area (Å²) >= 11 is 5.54. The van der Waals surface area contributed by atoms with E-state index < -0.39 is 5.38 Å². The number of hydrogen-bond acceptors (Lipinski definition) is 1. The second-order valence-corrected chi connectivity index (χ2v) is 3.53. The van der Waals surface area contributed by atoms with Gasteiger partial charge in [0.05, 0.1) is 6.67 Å². The molecule has 1 saturated heterocycles. The highest BCUT2D eigenvalue weighted by Gasteiger charge is 2.31. The van der Waals surface area contributed by atoms with Crippen LogP contribution in [0.2, 0.25) is 0 Å². The number of hydrogen-bond donors (Lipinski definition) is 0. The van der Waals surface area contributed by atoms with Gasteiger partial charge < -0.3 is 4.90 Å². The molecule has 1 aliphatic rings. The topological polar surface area (TPSA) is 20.3 Å². The second kappa shape index (κ2) is 3.39. The summed E-state index contributed by atoms with van der Waals surface area (Å²) in [6.45, 7) is 2.37. The summed E-state index contributed by atoms with van der Waals surface area (Å²) < 4.78 is 11.9. The van der Waals surface area contributed by atoms with Crippen LogP contribution in [0.3, 0.4) is 0 Å². The third-order valence-electron chi connectivity index (χ3n) is 1.83. The van der Waals surface area contributed by atoms with Crippen LogP contribution in [0.4, 0.5) is 4.39 Å². The number of amides is 1. The van der Waals surface area contributed by atoms with Gasteiger partial charge in [-0.05, 0) is 6.92 Å². The standard InChI is InChI=1S/C7H11ClFNO/c1-5(8)7(11)10-3-6(2-9)4-10/h5-6H,2-4H2,1H3/t5-/m0/s1. The predicted octanol–water partition coefficient (Wildman–Crippen LogP) is 1.04. The Morgan fingerprint density at radius 2 is 2.36 bits per heavy atom. The van der Waals surface area contributed by atoms with Gasteiger partial charge in [0.2, 0.25) is 5.91 Å². The minimum Gasteiger partial charge on any atom is -0.341 e. The number of likely N-dealkylation sites (tertiary alicyclic amines) is 1. The first-order chi connectivity index (χ1) is 5.15. The number of carbonyl (C=O) groups is 1. The molecule has 1 amide bonds. The van der Waals surface area contributed by atoms with E-state index >= 15 is 0 Å². The van der Waals surface area contributed by atoms with Gasteiger partial charge in [-0.1, -0.05) is 0 Å². The van der Waals surface area contributed by atoms with Crippen LogP contribution >= 0.6 is 11.6 Å². The fraction of sp³-hybridized carbons (Fsp3) is 0.857. The molecule has 0 aliphatic carbocycles. The molecule has 0 aromatic heterocycles. The van der Waals surface area contributed by atoms with Gasteiger partial charge in [-0.3, -0.25) is 9.18 Å². The van der Waals surface area contributed by atoms with E-state index in [2.05, 4.69) is 0 Å². The highest BCUT2D eigenvalue weighted by molar-refractivity contribution is 6.30. The van der Waals surface area contributed by atoms with E-state index in [4.69, 9.17) is 11.6 Å². The fourth-order valence-electron chi connectivity index (χ4n) is 1.10. The van der Waals surface area contributed by atoms with Crippen molar-refractivity contribution in [2.24, 2.45) is 5.92 Å². The molecule has 1 rings (SSSR count). The van der Waals surface area contributed by atoms with Crippen LogP contribution in [0.25, 0.3) is 0 Å². The fourth-order valence-corrected chi connectivity index (χ4v) is 1.24. The van der Waals surface area contributed by atoms with Crippen molar-refractivity contribution in [3.63, 3.8) is 0 Å². The molecular weight excluding hydrogens is 169 g/mol. The highest BCUT2D eigenvalue weighted by Crippen LogP contribution is 2.17. The monoisotopic (exact) mass is 179 g/mol. The van der Waals surface area contributed by atoms with E-state index in [1.165, 1.54) is 0 Å². The van der Waals surface area contributed by atoms with E-state index in [1.807, 2.05) is 0 Å². The van der Waals surface area contributed by atoms with Crippen LogP contribution in [0.1, 0.15) is 6.92 Å². The zero-order valence-electron chi connectivity index (χ0n) is 6.39. The summed E-state index contributed by atoms with van der Waals surface area (Å²) in [7, 11) is 0. The van der Waals surface area contributed by atoms with Gasteiger partial charge in [0, 0.05) is 19.0 Å². The lowest BCUT2D eigenvalue weighted by Crippen LogP contribution is -2.52. The molecule has 0 bridgehead atoms. The zero-order valence-corrected chi connectivity index (χ0v) is 7.14. The molecule has 64 valence electrons. The Kier molecular flexibility index (Phi) is 2.71. The quantitative estimate of drug-likeness (QED) is 0.581. The Bertz CT molecular complexity index is 157.